The summed E-state index contributed by atoms with van der Waals surface area (Å²) in [6.07, 6.45) is -0.184. The number of carbonyl (C=O) groups excluding carboxylic acids is 1. The van der Waals surface area contributed by atoms with E-state index in [1.165, 1.54) is 6.07 Å². The highest BCUT2D eigenvalue weighted by Gasteiger charge is 2.32. The Hall–Kier alpha value is -2.20. The molecule has 21 heavy (non-hydrogen) atoms. The maximum Gasteiger partial charge on any atom is 0.254 e. The zero-order valence-corrected chi connectivity index (χ0v) is 11.6. The van der Waals surface area contributed by atoms with Crippen LogP contribution in [0.4, 0.5) is 4.39 Å². The van der Waals surface area contributed by atoms with E-state index in [-0.39, 0.29) is 5.56 Å². The minimum atomic E-state index is -0.681. The number of rotatable bonds is 2. The molecule has 0 bridgehead atoms. The number of hydrogen-bond donors (Lipinski definition) is 2. The van der Waals surface area contributed by atoms with Crippen LogP contribution in [0.15, 0.2) is 42.5 Å². The van der Waals surface area contributed by atoms with Crippen molar-refractivity contribution in [1.29, 1.82) is 0 Å². The van der Waals surface area contributed by atoms with Gasteiger partial charge in [0, 0.05) is 6.42 Å². The maximum absolute atomic E-state index is 14.0. The van der Waals surface area contributed by atoms with Crippen molar-refractivity contribution in [2.24, 2.45) is 0 Å². The van der Waals surface area contributed by atoms with Crippen molar-refractivity contribution >= 4 is 5.91 Å². The first kappa shape index (κ1) is 13.8. The average Bonchev–Trinajstić information content (AvgIpc) is 2.78. The number of halogens is 1. The summed E-state index contributed by atoms with van der Waals surface area (Å²) >= 11 is 0. The number of hydrogen-bond acceptors (Lipinski definition) is 2. The van der Waals surface area contributed by atoms with Crippen molar-refractivity contribution in [3.63, 3.8) is 0 Å². The molecule has 1 aliphatic carbocycles. The molecular formula is C17H16FNO2. The van der Waals surface area contributed by atoms with Gasteiger partial charge in [0.05, 0.1) is 17.7 Å². The Kier molecular flexibility index (Phi) is 3.47. The molecule has 108 valence electrons. The number of amides is 1. The molecule has 0 aliphatic heterocycles. The summed E-state index contributed by atoms with van der Waals surface area (Å²) in [5, 5.41) is 12.9. The Labute approximate surface area is 122 Å². The summed E-state index contributed by atoms with van der Waals surface area (Å²) in [4.78, 5) is 12.3. The lowest BCUT2D eigenvalue weighted by atomic mass is 10.1. The fourth-order valence-corrected chi connectivity index (χ4v) is 2.79. The van der Waals surface area contributed by atoms with Crippen LogP contribution in [0.5, 0.6) is 0 Å². The minimum Gasteiger partial charge on any atom is -0.390 e. The number of benzene rings is 2. The molecule has 0 aromatic heterocycles. The molecular weight excluding hydrogens is 269 g/mol. The Balaban J connectivity index is 1.87. The maximum atomic E-state index is 14.0. The van der Waals surface area contributed by atoms with E-state index in [9.17, 15) is 14.3 Å². The first-order chi connectivity index (χ1) is 10.1. The van der Waals surface area contributed by atoms with E-state index in [0.29, 0.717) is 12.0 Å². The Bertz CT molecular complexity index is 699. The molecule has 2 atom stereocenters. The lowest BCUT2D eigenvalue weighted by molar-refractivity contribution is 0.0854. The predicted octanol–water partition coefficient (Wildman–Crippen LogP) is 2.52. The van der Waals surface area contributed by atoms with Gasteiger partial charge in [-0.05, 0) is 29.7 Å². The molecule has 3 nitrogen and oxygen atoms in total. The third-order valence-corrected chi connectivity index (χ3v) is 3.93. The fraction of sp³-hybridized carbons (Fsp3) is 0.235. The van der Waals surface area contributed by atoms with E-state index in [4.69, 9.17) is 0 Å². The predicted molar refractivity (Wildman–Crippen MR) is 77.5 cm³/mol. The molecule has 1 aliphatic rings. The topological polar surface area (TPSA) is 49.3 Å². The highest BCUT2D eigenvalue weighted by molar-refractivity contribution is 5.95. The highest BCUT2D eigenvalue weighted by Crippen LogP contribution is 2.31. The number of carbonyl (C=O) groups is 1. The molecule has 0 spiro atoms. The van der Waals surface area contributed by atoms with Crippen LogP contribution >= 0.6 is 0 Å². The largest absolute Gasteiger partial charge is 0.390 e. The SMILES string of the molecule is Cc1cccc(C(=O)N[C@H]2c3ccccc3C[C@H]2O)c1F. The number of nitrogens with one attached hydrogen (secondary N) is 1. The summed E-state index contributed by atoms with van der Waals surface area (Å²) < 4.78 is 14.0. The molecule has 2 N–H and O–H groups in total. The minimum absolute atomic E-state index is 0.00609. The monoisotopic (exact) mass is 285 g/mol. The molecule has 2 aromatic carbocycles. The smallest absolute Gasteiger partial charge is 0.254 e. The summed E-state index contributed by atoms with van der Waals surface area (Å²) in [5.74, 6) is -1.02. The van der Waals surface area contributed by atoms with Gasteiger partial charge in [-0.15, -0.1) is 0 Å². The molecule has 4 heteroatoms. The fourth-order valence-electron chi connectivity index (χ4n) is 2.79. The van der Waals surface area contributed by atoms with E-state index >= 15 is 0 Å². The molecule has 0 heterocycles. The van der Waals surface area contributed by atoms with Gasteiger partial charge in [-0.2, -0.15) is 0 Å². The van der Waals surface area contributed by atoms with Crippen molar-refractivity contribution in [2.45, 2.75) is 25.5 Å². The number of aliphatic hydroxyl groups is 1. The van der Waals surface area contributed by atoms with Gasteiger partial charge in [-0.3, -0.25) is 4.79 Å². The second-order valence-corrected chi connectivity index (χ2v) is 5.36. The molecule has 0 radical (unpaired) electrons. The van der Waals surface area contributed by atoms with Crippen molar-refractivity contribution in [2.75, 3.05) is 0 Å². The lowest BCUT2D eigenvalue weighted by Gasteiger charge is -2.18. The third-order valence-electron chi connectivity index (χ3n) is 3.93. The van der Waals surface area contributed by atoms with Gasteiger partial charge >= 0.3 is 0 Å². The zero-order chi connectivity index (χ0) is 15.0. The van der Waals surface area contributed by atoms with E-state index < -0.39 is 23.9 Å². The molecule has 0 saturated carbocycles. The van der Waals surface area contributed by atoms with Crippen LogP contribution in [-0.2, 0) is 6.42 Å². The highest BCUT2D eigenvalue weighted by atomic mass is 19.1. The van der Waals surface area contributed by atoms with Gasteiger partial charge < -0.3 is 10.4 Å². The first-order valence-electron chi connectivity index (χ1n) is 6.90. The summed E-state index contributed by atoms with van der Waals surface area (Å²) in [7, 11) is 0. The van der Waals surface area contributed by atoms with Crippen LogP contribution in [0.3, 0.4) is 0 Å². The normalized spacial score (nSPS) is 20.1. The Morgan fingerprint density at radius 2 is 2.00 bits per heavy atom. The van der Waals surface area contributed by atoms with E-state index in [1.807, 2.05) is 24.3 Å². The third kappa shape index (κ3) is 2.43. The van der Waals surface area contributed by atoms with Crippen LogP contribution in [0.2, 0.25) is 0 Å². The second-order valence-electron chi connectivity index (χ2n) is 5.36. The standard InChI is InChI=1S/C17H16FNO2/c1-10-5-4-8-13(15(10)18)17(21)19-16-12-7-3-2-6-11(12)9-14(16)20/h2-8,14,16,20H,9H2,1H3,(H,19,21)/t14-,16+/m1/s1. The van der Waals surface area contributed by atoms with E-state index in [2.05, 4.69) is 5.32 Å². The summed E-state index contributed by atoms with van der Waals surface area (Å²) in [5.41, 5.74) is 2.34. The van der Waals surface area contributed by atoms with E-state index in [1.54, 1.807) is 19.1 Å². The average molecular weight is 285 g/mol. The first-order valence-corrected chi connectivity index (χ1v) is 6.90. The molecule has 0 fully saturated rings. The van der Waals surface area contributed by atoms with Gasteiger partial charge in [0.15, 0.2) is 0 Å². The summed E-state index contributed by atoms with van der Waals surface area (Å²) in [6.45, 7) is 1.62. The number of aryl methyl sites for hydroxylation is 1. The van der Waals surface area contributed by atoms with Crippen LogP contribution in [-0.4, -0.2) is 17.1 Å². The van der Waals surface area contributed by atoms with Gasteiger partial charge in [-0.25, -0.2) is 4.39 Å². The second kappa shape index (κ2) is 5.30. The van der Waals surface area contributed by atoms with Gasteiger partial charge in [0.25, 0.3) is 5.91 Å². The molecule has 0 unspecified atom stereocenters. The van der Waals surface area contributed by atoms with E-state index in [0.717, 1.165) is 11.1 Å². The lowest BCUT2D eigenvalue weighted by Crippen LogP contribution is -2.34. The van der Waals surface area contributed by atoms with Gasteiger partial charge in [0.2, 0.25) is 0 Å². The Morgan fingerprint density at radius 3 is 2.81 bits per heavy atom. The van der Waals surface area contributed by atoms with Gasteiger partial charge in [0.1, 0.15) is 5.82 Å². The quantitative estimate of drug-likeness (QED) is 0.890. The Morgan fingerprint density at radius 1 is 1.24 bits per heavy atom. The van der Waals surface area contributed by atoms with Crippen LogP contribution in [0.1, 0.15) is 33.1 Å². The van der Waals surface area contributed by atoms with Gasteiger partial charge in [-0.1, -0.05) is 36.4 Å². The number of fused-ring (bicyclic) bond motifs is 1. The number of aliphatic hydroxyl groups excluding tert-OH is 1. The van der Waals surface area contributed by atoms with Crippen LogP contribution in [0.25, 0.3) is 0 Å². The van der Waals surface area contributed by atoms with Crippen molar-refractivity contribution < 1.29 is 14.3 Å². The van der Waals surface area contributed by atoms with Crippen molar-refractivity contribution in [3.05, 3.63) is 70.5 Å². The van der Waals surface area contributed by atoms with Crippen LogP contribution < -0.4 is 5.32 Å². The van der Waals surface area contributed by atoms with Crippen molar-refractivity contribution in [1.82, 2.24) is 5.32 Å². The molecule has 3 rings (SSSR count). The molecule has 0 saturated heterocycles. The summed E-state index contributed by atoms with van der Waals surface area (Å²) in [6, 6.07) is 11.8. The van der Waals surface area contributed by atoms with Crippen molar-refractivity contribution in [3.8, 4) is 0 Å². The zero-order valence-electron chi connectivity index (χ0n) is 11.6. The molecule has 1 amide bonds. The molecule has 2 aromatic rings. The van der Waals surface area contributed by atoms with Crippen LogP contribution in [0, 0.1) is 12.7 Å².